The highest BCUT2D eigenvalue weighted by Crippen LogP contribution is 2.25. The van der Waals surface area contributed by atoms with Crippen LogP contribution in [0, 0.1) is 0 Å². The minimum absolute atomic E-state index is 0.217. The summed E-state index contributed by atoms with van der Waals surface area (Å²) in [7, 11) is 0. The molecule has 0 radical (unpaired) electrons. The number of aliphatic hydroxyl groups excluding tert-OH is 2. The quantitative estimate of drug-likeness (QED) is 0.160. The number of hydrogen-bond acceptors (Lipinski definition) is 11. The summed E-state index contributed by atoms with van der Waals surface area (Å²) in [6.07, 6.45) is -0.826. The predicted octanol–water partition coefficient (Wildman–Crippen LogP) is 1.63. The van der Waals surface area contributed by atoms with Gasteiger partial charge in [0.15, 0.2) is 12.4 Å². The van der Waals surface area contributed by atoms with E-state index in [1.54, 1.807) is 0 Å². The molecule has 1 heterocycles. The largest absolute Gasteiger partial charge is 0.463 e. The Labute approximate surface area is 241 Å². The lowest BCUT2D eigenvalue weighted by Crippen LogP contribution is -2.65. The van der Waals surface area contributed by atoms with Gasteiger partial charge in [0.25, 0.3) is 0 Å². The molecule has 6 atom stereocenters. The monoisotopic (exact) mass is 583 g/mol. The second kappa shape index (κ2) is 19.5. The van der Waals surface area contributed by atoms with Gasteiger partial charge in [0.2, 0.25) is 5.91 Å². The van der Waals surface area contributed by atoms with E-state index in [-0.39, 0.29) is 19.8 Å². The molecule has 1 aromatic rings. The number of nitrogens with one attached hydrogen (secondary N) is 1. The Kier molecular flexibility index (Phi) is 16.5. The van der Waals surface area contributed by atoms with E-state index in [1.165, 1.54) is 20.8 Å². The molecule has 2 rings (SSSR count). The summed E-state index contributed by atoms with van der Waals surface area (Å²) in [5, 5.41) is 23.5. The van der Waals surface area contributed by atoms with Crippen molar-refractivity contribution in [2.75, 3.05) is 33.0 Å². The van der Waals surface area contributed by atoms with Gasteiger partial charge in [-0.3, -0.25) is 14.4 Å². The van der Waals surface area contributed by atoms with Crippen LogP contribution in [-0.2, 0) is 49.4 Å². The molecule has 1 aromatic carbocycles. The van der Waals surface area contributed by atoms with Crippen LogP contribution < -0.4 is 5.32 Å². The van der Waals surface area contributed by atoms with Crippen molar-refractivity contribution in [2.45, 2.75) is 96.2 Å². The van der Waals surface area contributed by atoms with E-state index in [9.17, 15) is 24.6 Å². The van der Waals surface area contributed by atoms with Crippen LogP contribution >= 0.6 is 0 Å². The molecule has 1 aliphatic rings. The van der Waals surface area contributed by atoms with Gasteiger partial charge in [-0.05, 0) is 18.4 Å². The van der Waals surface area contributed by atoms with E-state index in [4.69, 9.17) is 28.4 Å². The van der Waals surface area contributed by atoms with E-state index in [2.05, 4.69) is 5.32 Å². The molecule has 0 aromatic heterocycles. The summed E-state index contributed by atoms with van der Waals surface area (Å²) in [5.41, 5.74) is 1.05. The number of unbranched alkanes of at least 4 members (excludes halogenated alkanes) is 4. The van der Waals surface area contributed by atoms with Crippen molar-refractivity contribution in [2.24, 2.45) is 0 Å². The Balaban J connectivity index is 1.63. The summed E-state index contributed by atoms with van der Waals surface area (Å²) in [4.78, 5) is 34.6. The van der Waals surface area contributed by atoms with Gasteiger partial charge in [0, 0.05) is 34.0 Å². The smallest absolute Gasteiger partial charge is 0.303 e. The van der Waals surface area contributed by atoms with Crippen LogP contribution in [0.1, 0.15) is 58.4 Å². The normalized spacial score (nSPS) is 23.0. The van der Waals surface area contributed by atoms with Crippen molar-refractivity contribution in [3.05, 3.63) is 35.9 Å². The number of esters is 2. The van der Waals surface area contributed by atoms with E-state index in [1.807, 2.05) is 30.3 Å². The lowest BCUT2D eigenvalue weighted by Gasteiger charge is -2.43. The zero-order valence-corrected chi connectivity index (χ0v) is 24.2. The van der Waals surface area contributed by atoms with Crippen molar-refractivity contribution < 1.29 is 53.0 Å². The molecule has 0 bridgehead atoms. The fraction of sp³-hybridized carbons (Fsp3) is 0.690. The standard InChI is InChI=1S/C29H45NO11/c1-20(31)30-26-27(35)28(40-22(3)33)25(19-39-21(2)32)41-29(26)38-15-11-6-4-5-10-14-36-17-24(34)18-37-16-23-12-8-7-9-13-23/h7-9,12-13,24-29,34-35H,4-6,10-11,14-19H2,1-3H3,(H,30,31)/t24-,25-,26-,27-,28+,29-/m1/s1. The van der Waals surface area contributed by atoms with Crippen molar-refractivity contribution in [3.63, 3.8) is 0 Å². The third-order valence-electron chi connectivity index (χ3n) is 6.24. The number of hydrogen-bond donors (Lipinski definition) is 3. The Morgan fingerprint density at radius 3 is 2.24 bits per heavy atom. The van der Waals surface area contributed by atoms with Gasteiger partial charge in [-0.2, -0.15) is 0 Å². The zero-order chi connectivity index (χ0) is 30.0. The first-order valence-corrected chi connectivity index (χ1v) is 14.1. The van der Waals surface area contributed by atoms with Crippen LogP contribution in [0.4, 0.5) is 0 Å². The Morgan fingerprint density at radius 2 is 1.59 bits per heavy atom. The number of carbonyl (C=O) groups is 3. The molecule has 232 valence electrons. The maximum Gasteiger partial charge on any atom is 0.303 e. The molecule has 41 heavy (non-hydrogen) atoms. The highest BCUT2D eigenvalue weighted by molar-refractivity contribution is 5.73. The number of ether oxygens (including phenoxy) is 6. The molecular weight excluding hydrogens is 538 g/mol. The number of benzene rings is 1. The number of aliphatic hydroxyl groups is 2. The van der Waals surface area contributed by atoms with E-state index in [0.717, 1.165) is 31.2 Å². The summed E-state index contributed by atoms with van der Waals surface area (Å²) >= 11 is 0. The minimum Gasteiger partial charge on any atom is -0.463 e. The van der Waals surface area contributed by atoms with Crippen molar-refractivity contribution in [3.8, 4) is 0 Å². The summed E-state index contributed by atoms with van der Waals surface area (Å²) in [5.74, 6) is -1.62. The summed E-state index contributed by atoms with van der Waals surface area (Å²) in [6.45, 7) is 5.19. The first-order chi connectivity index (χ1) is 19.7. The summed E-state index contributed by atoms with van der Waals surface area (Å²) < 4.78 is 33.0. The predicted molar refractivity (Wildman–Crippen MR) is 146 cm³/mol. The lowest BCUT2D eigenvalue weighted by molar-refractivity contribution is -0.275. The van der Waals surface area contributed by atoms with Crippen molar-refractivity contribution in [1.82, 2.24) is 5.32 Å². The highest BCUT2D eigenvalue weighted by atomic mass is 16.7. The molecule has 1 aliphatic heterocycles. The van der Waals surface area contributed by atoms with Gasteiger partial charge in [-0.1, -0.05) is 49.6 Å². The second-order valence-corrected chi connectivity index (χ2v) is 10.0. The molecule has 12 nitrogen and oxygen atoms in total. The van der Waals surface area contributed by atoms with E-state index in [0.29, 0.717) is 26.2 Å². The fourth-order valence-electron chi connectivity index (χ4n) is 4.31. The van der Waals surface area contributed by atoms with Gasteiger partial charge in [0.1, 0.15) is 31.0 Å². The molecule has 1 saturated heterocycles. The fourth-order valence-corrected chi connectivity index (χ4v) is 4.31. The van der Waals surface area contributed by atoms with E-state index >= 15 is 0 Å². The van der Waals surface area contributed by atoms with Gasteiger partial charge in [-0.25, -0.2) is 0 Å². The van der Waals surface area contributed by atoms with Gasteiger partial charge < -0.3 is 44.0 Å². The Hall–Kier alpha value is -2.61. The first-order valence-electron chi connectivity index (χ1n) is 14.1. The summed E-state index contributed by atoms with van der Waals surface area (Å²) in [6, 6.07) is 8.78. The number of carbonyl (C=O) groups excluding carboxylic acids is 3. The second-order valence-electron chi connectivity index (χ2n) is 10.0. The van der Waals surface area contributed by atoms with Crippen LogP contribution in [-0.4, -0.2) is 97.8 Å². The number of rotatable bonds is 19. The zero-order valence-electron chi connectivity index (χ0n) is 24.2. The molecule has 1 amide bonds. The average molecular weight is 584 g/mol. The molecule has 0 saturated carbocycles. The van der Waals surface area contributed by atoms with E-state index < -0.39 is 54.6 Å². The molecule has 12 heteroatoms. The molecule has 1 fully saturated rings. The third kappa shape index (κ3) is 14.2. The van der Waals surface area contributed by atoms with Crippen molar-refractivity contribution >= 4 is 17.8 Å². The van der Waals surface area contributed by atoms with Gasteiger partial charge >= 0.3 is 11.9 Å². The minimum atomic E-state index is -1.34. The van der Waals surface area contributed by atoms with Crippen molar-refractivity contribution in [1.29, 1.82) is 0 Å². The van der Waals surface area contributed by atoms with Crippen LogP contribution in [0.3, 0.4) is 0 Å². The van der Waals surface area contributed by atoms with Crippen LogP contribution in [0.2, 0.25) is 0 Å². The molecule has 3 N–H and O–H groups in total. The molecule has 0 unspecified atom stereocenters. The molecule has 0 spiro atoms. The Bertz CT molecular complexity index is 898. The molecular formula is C29H45NO11. The SMILES string of the molecule is CC(=O)N[C@H]1[C@H](OCCCCCCCOC[C@@H](O)COCc2ccccc2)O[C@H](COC(C)=O)[C@H](OC(C)=O)[C@@H]1O. The van der Waals surface area contributed by atoms with Crippen LogP contribution in [0.15, 0.2) is 30.3 Å². The molecule has 0 aliphatic carbocycles. The lowest BCUT2D eigenvalue weighted by atomic mass is 9.96. The van der Waals surface area contributed by atoms with Crippen LogP contribution in [0.5, 0.6) is 0 Å². The average Bonchev–Trinajstić information content (AvgIpc) is 2.92. The van der Waals surface area contributed by atoms with Crippen LogP contribution in [0.25, 0.3) is 0 Å². The third-order valence-corrected chi connectivity index (χ3v) is 6.24. The Morgan fingerprint density at radius 1 is 0.927 bits per heavy atom. The first kappa shape index (κ1) is 34.6. The highest BCUT2D eigenvalue weighted by Gasteiger charge is 2.48. The van der Waals surface area contributed by atoms with Gasteiger partial charge in [-0.15, -0.1) is 0 Å². The maximum atomic E-state index is 11.7. The van der Waals surface area contributed by atoms with Gasteiger partial charge in [0.05, 0.1) is 19.8 Å². The number of amides is 1. The topological polar surface area (TPSA) is 159 Å². The maximum absolute atomic E-state index is 11.7.